The number of hydrogen-bond acceptors (Lipinski definition) is 2. The first-order chi connectivity index (χ1) is 38.7. The molecule has 0 fully saturated rings. The molecule has 0 atom stereocenters. The molecule has 5 aliphatic rings. The topological polar surface area (TPSA) is 6.48 Å². The standard InChI is InChI=1S/C78H66N2/c1-75(2)65-26-17-15-24-58(65)60-41-38-55(44-68(60)75)79(53-34-30-51(31-35-53)49-20-11-9-12-21-49)56-39-43-62-63-47-72-64(48-71(63)78(7,8)70(62)45-56)74-67(77(72,5)6)28-19-29-73(74)80(54-36-32-52(33-37-54)50-22-13-10-14-23-50)57-40-42-61-59-25-16-18-27-66(59)76(3,4)69(61)46-57/h9-16,18-25,27-48H,17,26H2,1-8H3. The van der Waals surface area contributed by atoms with Gasteiger partial charge in [0, 0.05) is 55.7 Å². The van der Waals surface area contributed by atoms with Crippen LogP contribution in [0.25, 0.3) is 61.2 Å². The average molecular weight is 1030 g/mol. The maximum Gasteiger partial charge on any atom is 0.0543 e. The van der Waals surface area contributed by atoms with E-state index in [2.05, 4.69) is 296 Å². The summed E-state index contributed by atoms with van der Waals surface area (Å²) in [6.45, 7) is 19.4. The smallest absolute Gasteiger partial charge is 0.0543 e. The summed E-state index contributed by atoms with van der Waals surface area (Å²) < 4.78 is 0. The van der Waals surface area contributed by atoms with Crippen LogP contribution in [-0.2, 0) is 21.7 Å². The Morgan fingerprint density at radius 2 is 0.725 bits per heavy atom. The van der Waals surface area contributed by atoms with E-state index < -0.39 is 0 Å². The maximum atomic E-state index is 2.59. The van der Waals surface area contributed by atoms with Crippen LogP contribution in [0.2, 0.25) is 0 Å². The van der Waals surface area contributed by atoms with Gasteiger partial charge in [-0.15, -0.1) is 0 Å². The van der Waals surface area contributed by atoms with Crippen molar-refractivity contribution in [3.05, 3.63) is 281 Å². The minimum Gasteiger partial charge on any atom is -0.310 e. The third-order valence-corrected chi connectivity index (χ3v) is 19.4. The van der Waals surface area contributed by atoms with Gasteiger partial charge in [-0.2, -0.15) is 0 Å². The van der Waals surface area contributed by atoms with E-state index in [1.54, 1.807) is 5.57 Å². The molecule has 0 unspecified atom stereocenters. The Bertz CT molecular complexity index is 4260. The van der Waals surface area contributed by atoms with Crippen LogP contribution in [0.5, 0.6) is 0 Å². The first-order valence-electron chi connectivity index (χ1n) is 28.9. The van der Waals surface area contributed by atoms with Crippen molar-refractivity contribution >= 4 is 39.7 Å². The van der Waals surface area contributed by atoms with Crippen molar-refractivity contribution in [2.75, 3.05) is 9.80 Å². The first-order valence-corrected chi connectivity index (χ1v) is 28.9. The van der Waals surface area contributed by atoms with Crippen LogP contribution >= 0.6 is 0 Å². The monoisotopic (exact) mass is 1030 g/mol. The minimum absolute atomic E-state index is 0.0445. The molecule has 15 rings (SSSR count). The zero-order chi connectivity index (χ0) is 54.5. The maximum absolute atomic E-state index is 2.59. The molecule has 0 aromatic heterocycles. The highest BCUT2D eigenvalue weighted by molar-refractivity contribution is 5.99. The largest absolute Gasteiger partial charge is 0.310 e. The van der Waals surface area contributed by atoms with Gasteiger partial charge in [-0.1, -0.05) is 213 Å². The van der Waals surface area contributed by atoms with Gasteiger partial charge >= 0.3 is 0 Å². The number of allylic oxidation sites excluding steroid dienone is 4. The number of fused-ring (bicyclic) bond motifs is 11. The van der Waals surface area contributed by atoms with Gasteiger partial charge in [0.05, 0.1) is 5.69 Å². The first kappa shape index (κ1) is 48.4. The van der Waals surface area contributed by atoms with Crippen LogP contribution in [0.15, 0.2) is 236 Å². The Morgan fingerprint density at radius 3 is 1.35 bits per heavy atom. The van der Waals surface area contributed by atoms with Gasteiger partial charge < -0.3 is 9.80 Å². The molecule has 0 saturated carbocycles. The third kappa shape index (κ3) is 7.03. The molecule has 0 amide bonds. The summed E-state index contributed by atoms with van der Waals surface area (Å²) in [4.78, 5) is 5.05. The van der Waals surface area contributed by atoms with Gasteiger partial charge in [0.25, 0.3) is 0 Å². The second kappa shape index (κ2) is 17.4. The second-order valence-corrected chi connectivity index (χ2v) is 25.2. The third-order valence-electron chi connectivity index (χ3n) is 19.4. The van der Waals surface area contributed by atoms with Crippen molar-refractivity contribution in [1.29, 1.82) is 0 Å². The van der Waals surface area contributed by atoms with Crippen LogP contribution in [0.3, 0.4) is 0 Å². The summed E-state index contributed by atoms with van der Waals surface area (Å²) in [6.07, 6.45) is 6.95. The summed E-state index contributed by atoms with van der Waals surface area (Å²) in [6, 6.07) is 82.8. The van der Waals surface area contributed by atoms with Crippen molar-refractivity contribution in [2.24, 2.45) is 0 Å². The van der Waals surface area contributed by atoms with Crippen LogP contribution in [0.4, 0.5) is 34.1 Å². The van der Waals surface area contributed by atoms with Crippen LogP contribution in [0.1, 0.15) is 113 Å². The fraction of sp³-hybridized carbons (Fsp3) is 0.179. The van der Waals surface area contributed by atoms with Crippen molar-refractivity contribution < 1.29 is 0 Å². The van der Waals surface area contributed by atoms with Crippen LogP contribution in [-0.4, -0.2) is 0 Å². The number of nitrogens with zero attached hydrogens (tertiary/aromatic N) is 2. The molecule has 0 spiro atoms. The molecule has 0 N–H and O–H groups in total. The quantitative estimate of drug-likeness (QED) is 0.150. The van der Waals surface area contributed by atoms with Gasteiger partial charge in [0.15, 0.2) is 0 Å². The summed E-state index contributed by atoms with van der Waals surface area (Å²) in [5, 5.41) is 0. The number of rotatable bonds is 8. The SMILES string of the molecule is CC1(C)C2=C(C=CCC2)c2ccc(N(c3ccc(-c4ccccc4)cc3)c3ccc4c(c3)C(C)(C)c3cc5c(cc3-4)C(C)(C)c3cccc(N(c4ccc(-c6ccccc6)cc4)c4ccc6c(c4)C(C)(C)c4ccccc4-6)c3-5)cc21. The molecule has 2 heteroatoms. The van der Waals surface area contributed by atoms with Gasteiger partial charge in [-0.25, -0.2) is 0 Å². The predicted octanol–water partition coefficient (Wildman–Crippen LogP) is 21.3. The molecule has 5 aliphatic carbocycles. The molecule has 0 aliphatic heterocycles. The average Bonchev–Trinajstić information content (AvgIpc) is 4.06. The highest BCUT2D eigenvalue weighted by atomic mass is 15.2. The Hall–Kier alpha value is -8.72. The molecular weight excluding hydrogens is 965 g/mol. The van der Waals surface area contributed by atoms with Crippen LogP contribution < -0.4 is 9.80 Å². The number of hydrogen-bond donors (Lipinski definition) is 0. The summed E-state index contributed by atoms with van der Waals surface area (Å²) in [5.41, 5.74) is 33.1. The molecule has 10 aromatic rings. The van der Waals surface area contributed by atoms with Gasteiger partial charge in [-0.05, 0) is 192 Å². The summed E-state index contributed by atoms with van der Waals surface area (Å²) >= 11 is 0. The molecule has 0 saturated heterocycles. The highest BCUT2D eigenvalue weighted by Crippen LogP contribution is 2.61. The van der Waals surface area contributed by atoms with E-state index in [0.717, 1.165) is 29.9 Å². The Kier molecular flexibility index (Phi) is 10.5. The van der Waals surface area contributed by atoms with Crippen molar-refractivity contribution in [2.45, 2.75) is 89.9 Å². The Labute approximate surface area is 473 Å². The van der Waals surface area contributed by atoms with Crippen molar-refractivity contribution in [3.8, 4) is 55.6 Å². The summed E-state index contributed by atoms with van der Waals surface area (Å²) in [5.74, 6) is 0. The van der Waals surface area contributed by atoms with Gasteiger partial charge in [0.1, 0.15) is 0 Å². The highest BCUT2D eigenvalue weighted by Gasteiger charge is 2.44. The second-order valence-electron chi connectivity index (χ2n) is 25.2. The Morgan fingerprint density at radius 1 is 0.300 bits per heavy atom. The molecule has 388 valence electrons. The molecule has 2 nitrogen and oxygen atoms in total. The molecule has 10 aromatic carbocycles. The fourth-order valence-electron chi connectivity index (χ4n) is 15.0. The van der Waals surface area contributed by atoms with E-state index in [1.807, 2.05) is 0 Å². The lowest BCUT2D eigenvalue weighted by molar-refractivity contribution is 0.607. The van der Waals surface area contributed by atoms with E-state index in [0.29, 0.717) is 0 Å². The van der Waals surface area contributed by atoms with E-state index in [9.17, 15) is 0 Å². The molecule has 0 bridgehead atoms. The molecular formula is C78H66N2. The molecule has 0 radical (unpaired) electrons. The van der Waals surface area contributed by atoms with E-state index in [4.69, 9.17) is 0 Å². The predicted molar refractivity (Wildman–Crippen MR) is 338 cm³/mol. The lowest BCUT2D eigenvalue weighted by Crippen LogP contribution is -2.19. The number of benzene rings is 10. The number of anilines is 6. The fourth-order valence-corrected chi connectivity index (χ4v) is 15.0. The van der Waals surface area contributed by atoms with E-state index in [1.165, 1.54) is 123 Å². The minimum atomic E-state index is -0.289. The van der Waals surface area contributed by atoms with Gasteiger partial charge in [0.2, 0.25) is 0 Å². The van der Waals surface area contributed by atoms with E-state index in [-0.39, 0.29) is 21.7 Å². The lowest BCUT2D eigenvalue weighted by atomic mass is 9.78. The van der Waals surface area contributed by atoms with Crippen molar-refractivity contribution in [1.82, 2.24) is 0 Å². The summed E-state index contributed by atoms with van der Waals surface area (Å²) in [7, 11) is 0. The van der Waals surface area contributed by atoms with Gasteiger partial charge in [-0.3, -0.25) is 0 Å². The molecule has 0 heterocycles. The zero-order valence-corrected chi connectivity index (χ0v) is 47.2. The Balaban J connectivity index is 0.864. The lowest BCUT2D eigenvalue weighted by Gasteiger charge is -2.31. The van der Waals surface area contributed by atoms with E-state index >= 15 is 0 Å². The normalized spacial score (nSPS) is 16.4. The van der Waals surface area contributed by atoms with Crippen LogP contribution in [0, 0.1) is 0 Å². The zero-order valence-electron chi connectivity index (χ0n) is 47.2. The van der Waals surface area contributed by atoms with Crippen molar-refractivity contribution in [3.63, 3.8) is 0 Å². The molecule has 80 heavy (non-hydrogen) atoms.